The van der Waals surface area contributed by atoms with E-state index in [1.54, 1.807) is 0 Å². The molecule has 26 aromatic carbocycles. The van der Waals surface area contributed by atoms with Crippen molar-refractivity contribution in [2.45, 2.75) is 25.7 Å². The van der Waals surface area contributed by atoms with Crippen molar-refractivity contribution in [3.05, 3.63) is 241 Å². The molecule has 0 aliphatic heterocycles. The number of hydrogen-bond donors (Lipinski definition) is 0. The first-order valence-corrected chi connectivity index (χ1v) is 33.3. The van der Waals surface area contributed by atoms with Gasteiger partial charge in [0.05, 0.1) is 0 Å². The van der Waals surface area contributed by atoms with Gasteiger partial charge in [0.15, 0.2) is 0 Å². The molecule has 0 unspecified atom stereocenters. The highest BCUT2D eigenvalue weighted by molar-refractivity contribution is 6.64. The normalized spacial score (nSPS) is 15.4. The van der Waals surface area contributed by atoms with E-state index in [2.05, 4.69) is 218 Å². The van der Waals surface area contributed by atoms with Crippen molar-refractivity contribution >= 4 is 259 Å². The van der Waals surface area contributed by atoms with E-state index in [-0.39, 0.29) is 0 Å². The van der Waals surface area contributed by atoms with Crippen LogP contribution in [0.4, 0.5) is 0 Å². The maximum atomic E-state index is 2.59. The molecule has 14 aliphatic carbocycles. The molecule has 0 spiro atoms. The van der Waals surface area contributed by atoms with Crippen LogP contribution < -0.4 is 0 Å². The maximum absolute atomic E-state index is 2.59. The first-order valence-electron chi connectivity index (χ1n) is 33.3. The molecule has 26 aromatic rings. The van der Waals surface area contributed by atoms with Crippen LogP contribution in [-0.2, 0) is 25.7 Å². The lowest BCUT2D eigenvalue weighted by atomic mass is 9.73. The molecule has 92 heavy (non-hydrogen) atoms. The van der Waals surface area contributed by atoms with Crippen molar-refractivity contribution in [1.29, 1.82) is 0 Å². The van der Waals surface area contributed by atoms with Crippen LogP contribution in [0.3, 0.4) is 0 Å². The van der Waals surface area contributed by atoms with Crippen LogP contribution in [0.25, 0.3) is 259 Å². The van der Waals surface area contributed by atoms with Gasteiger partial charge in [0.1, 0.15) is 0 Å². The Bertz CT molecular complexity index is 6580. The Morgan fingerprint density at radius 3 is 0.359 bits per heavy atom. The second kappa shape index (κ2) is 14.4. The average molecular weight is 1150 g/mol. The van der Waals surface area contributed by atoms with Gasteiger partial charge in [-0.1, -0.05) is 218 Å². The molecule has 40 rings (SSSR count). The number of fused-ring (bicyclic) bond motifs is 4. The van der Waals surface area contributed by atoms with Gasteiger partial charge in [0.2, 0.25) is 0 Å². The summed E-state index contributed by atoms with van der Waals surface area (Å²) in [6.07, 6.45) is 13.3. The monoisotopic (exact) mass is 1150 g/mol. The lowest BCUT2D eigenvalue weighted by Gasteiger charge is -2.29. The summed E-state index contributed by atoms with van der Waals surface area (Å²) < 4.78 is 0. The van der Waals surface area contributed by atoms with E-state index in [1.165, 1.54) is 281 Å². The molecule has 36 bridgehead atoms. The van der Waals surface area contributed by atoms with Crippen LogP contribution in [0.15, 0.2) is 218 Å². The van der Waals surface area contributed by atoms with Gasteiger partial charge >= 0.3 is 0 Å². The topological polar surface area (TPSA) is 0 Å². The summed E-state index contributed by atoms with van der Waals surface area (Å²) in [6.45, 7) is 0. The highest BCUT2D eigenvalue weighted by Crippen LogP contribution is 2.63. The SMILES string of the molecule is C1=C/Cc2cc3c4cccc5c6cccc7c8cc(cc9c%10cccc%11c%12cccc%13c(c2)c3c2c(c54)c(c67)c(c89)c(c%11%10)c2c%12%13)C/C=C/Cc2cc3c4cccc5c6cccc7c8cc(cc9c%10cccc%11c%12cccc%13c(c2)c3c2c(c54)c(c67)c(c89)c(c%11%10)c2c%12%13)C/1. The minimum atomic E-state index is 0.838. The third-order valence-corrected chi connectivity index (χ3v) is 24.5. The lowest BCUT2D eigenvalue weighted by molar-refractivity contribution is 1.22. The van der Waals surface area contributed by atoms with Crippen LogP contribution in [0, 0.1) is 0 Å². The molecular formula is C92H44. The highest BCUT2D eigenvalue weighted by Gasteiger charge is 2.35. The number of allylic oxidation sites excluding steroid dienone is 4. The molecule has 0 atom stereocenters. The van der Waals surface area contributed by atoms with Gasteiger partial charge in [0, 0.05) is 0 Å². The second-order valence-electron chi connectivity index (χ2n) is 28.3. The van der Waals surface area contributed by atoms with E-state index >= 15 is 0 Å². The van der Waals surface area contributed by atoms with E-state index in [0.29, 0.717) is 0 Å². The summed E-state index contributed by atoms with van der Waals surface area (Å²) in [5.74, 6) is 0. The van der Waals surface area contributed by atoms with Crippen LogP contribution in [0.5, 0.6) is 0 Å². The zero-order valence-electron chi connectivity index (χ0n) is 49.6. The first-order chi connectivity index (χ1) is 45.7. The van der Waals surface area contributed by atoms with E-state index < -0.39 is 0 Å². The molecule has 0 saturated carbocycles. The van der Waals surface area contributed by atoms with Crippen LogP contribution >= 0.6 is 0 Å². The number of benzene rings is 26. The van der Waals surface area contributed by atoms with Gasteiger partial charge in [-0.25, -0.2) is 0 Å². The fourth-order valence-electron chi connectivity index (χ4n) is 21.6. The first kappa shape index (κ1) is 44.9. The highest BCUT2D eigenvalue weighted by atomic mass is 14.4. The minimum Gasteiger partial charge on any atom is -0.0838 e. The Hall–Kier alpha value is -11.4. The molecule has 0 amide bonds. The van der Waals surface area contributed by atoms with Gasteiger partial charge in [-0.2, -0.15) is 0 Å². The summed E-state index contributed by atoms with van der Waals surface area (Å²) in [7, 11) is 0. The van der Waals surface area contributed by atoms with Crippen molar-refractivity contribution in [2.24, 2.45) is 0 Å². The minimum absolute atomic E-state index is 0.838. The number of rotatable bonds is 0. The largest absolute Gasteiger partial charge is 0.0838 e. The molecule has 14 aliphatic rings. The zero-order valence-corrected chi connectivity index (χ0v) is 49.6. The van der Waals surface area contributed by atoms with Crippen molar-refractivity contribution in [3.8, 4) is 0 Å². The summed E-state index contributed by atoms with van der Waals surface area (Å²) in [6, 6.07) is 78.6. The Labute approximate surface area is 521 Å². The van der Waals surface area contributed by atoms with Crippen LogP contribution in [-0.4, -0.2) is 0 Å². The van der Waals surface area contributed by atoms with Crippen molar-refractivity contribution in [2.75, 3.05) is 0 Å². The Kier molecular flexibility index (Phi) is 7.04. The van der Waals surface area contributed by atoms with E-state index in [1.807, 2.05) is 0 Å². The van der Waals surface area contributed by atoms with Gasteiger partial charge in [-0.05, 0) is 306 Å². The van der Waals surface area contributed by atoms with Gasteiger partial charge in [0.25, 0.3) is 0 Å². The van der Waals surface area contributed by atoms with Gasteiger partial charge < -0.3 is 0 Å². The predicted molar refractivity (Wildman–Crippen MR) is 400 cm³/mol. The van der Waals surface area contributed by atoms with Gasteiger partial charge in [-0.15, -0.1) is 0 Å². The van der Waals surface area contributed by atoms with E-state index in [9.17, 15) is 0 Å². The molecule has 0 nitrogen and oxygen atoms in total. The molecule has 0 radical (unpaired) electrons. The quantitative estimate of drug-likeness (QED) is 0.0806. The maximum Gasteiger partial charge on any atom is -0.0000473 e. The molecule has 0 fully saturated rings. The molecule has 0 heteroatoms. The Morgan fingerprint density at radius 2 is 0.228 bits per heavy atom. The average Bonchev–Trinajstić information content (AvgIpc) is 0.658. The van der Waals surface area contributed by atoms with Crippen molar-refractivity contribution in [3.63, 3.8) is 0 Å². The predicted octanol–water partition coefficient (Wildman–Crippen LogP) is 25.6. The molecule has 0 heterocycles. The molecule has 0 N–H and O–H groups in total. The summed E-state index contributed by atoms with van der Waals surface area (Å²) in [4.78, 5) is 0. The number of hydrogen-bond acceptors (Lipinski definition) is 0. The van der Waals surface area contributed by atoms with Crippen LogP contribution in [0.1, 0.15) is 22.3 Å². The smallest absolute Gasteiger partial charge is 0.0000473 e. The third kappa shape index (κ3) is 4.54. The third-order valence-electron chi connectivity index (χ3n) is 24.5. The fraction of sp³-hybridized carbons (Fsp3) is 0.0435. The Balaban J connectivity index is 0.825. The van der Waals surface area contributed by atoms with Crippen molar-refractivity contribution in [1.82, 2.24) is 0 Å². The fourth-order valence-corrected chi connectivity index (χ4v) is 21.6. The molecule has 412 valence electrons. The van der Waals surface area contributed by atoms with E-state index in [0.717, 1.165) is 25.7 Å². The van der Waals surface area contributed by atoms with Gasteiger partial charge in [-0.3, -0.25) is 0 Å². The lowest BCUT2D eigenvalue weighted by Crippen LogP contribution is -2.01. The summed E-state index contributed by atoms with van der Waals surface area (Å²) >= 11 is 0. The van der Waals surface area contributed by atoms with Crippen molar-refractivity contribution < 1.29 is 0 Å². The molecule has 0 aromatic heterocycles. The second-order valence-corrected chi connectivity index (χ2v) is 28.3. The van der Waals surface area contributed by atoms with E-state index in [4.69, 9.17) is 0 Å². The summed E-state index contributed by atoms with van der Waals surface area (Å²) in [5.41, 5.74) is 5.42. The molecular weight excluding hydrogens is 1110 g/mol. The standard InChI is InChI=1S/C92H44/c1-2-14-42-35-63-55-27-7-19-49-51-23-11-31-59-67-39-44(40-68-60-32-12-24-52-50-20-8-28-56-64(36-42)78(63)90-83(71(49)55)87(75(51)59)92(80(67)68)88(76(52)60)84(90)72(50)56)16-4-3-15-43-37-65-57-29-9-21-47-45-17-5-25-53-61-33-41(13-1)34-62-54-26-6-18-46-48-22-10-30-58-66(38-43)79(65)91-85(73(47)57)81(69(45)53)89(77(61)62)82(70(46)54)86(91)74(48)58/h1-12,17-40H,13-16H2/b2-1+,4-3+. The zero-order chi connectivity index (χ0) is 58.3. The molecule has 0 saturated heterocycles. The van der Waals surface area contributed by atoms with Crippen LogP contribution in [0.2, 0.25) is 0 Å². The summed E-state index contributed by atoms with van der Waals surface area (Å²) in [5, 5.41) is 67.3. The Morgan fingerprint density at radius 1 is 0.120 bits per heavy atom.